The third-order valence-electron chi connectivity index (χ3n) is 5.99. The fourth-order valence-electron chi connectivity index (χ4n) is 4.17. The number of imidazole rings is 1. The predicted molar refractivity (Wildman–Crippen MR) is 126 cm³/mol. The van der Waals surface area contributed by atoms with E-state index >= 15 is 0 Å². The summed E-state index contributed by atoms with van der Waals surface area (Å²) in [6, 6.07) is 7.82. The molecule has 0 saturated carbocycles. The third-order valence-corrected chi connectivity index (χ3v) is 5.99. The van der Waals surface area contributed by atoms with Crippen LogP contribution in [0.2, 0.25) is 0 Å². The summed E-state index contributed by atoms with van der Waals surface area (Å²) in [6.45, 7) is 2.56. The van der Waals surface area contributed by atoms with Gasteiger partial charge >= 0.3 is 0 Å². The first-order chi connectivity index (χ1) is 17.0. The number of rotatable bonds is 6. The lowest BCUT2D eigenvalue weighted by Crippen LogP contribution is -2.36. The smallest absolute Gasteiger partial charge is 0.280 e. The van der Waals surface area contributed by atoms with Crippen LogP contribution in [0.3, 0.4) is 0 Å². The minimum Gasteiger partial charge on any atom is -0.394 e. The molecule has 35 heavy (non-hydrogen) atoms. The van der Waals surface area contributed by atoms with Gasteiger partial charge in [0.05, 0.1) is 26.0 Å². The summed E-state index contributed by atoms with van der Waals surface area (Å²) in [7, 11) is 0. The van der Waals surface area contributed by atoms with Crippen LogP contribution in [-0.2, 0) is 9.47 Å². The molecular formula is C21H26N8O6. The van der Waals surface area contributed by atoms with Gasteiger partial charge < -0.3 is 35.4 Å². The molecule has 2 aromatic heterocycles. The summed E-state index contributed by atoms with van der Waals surface area (Å²) in [5, 5.41) is 34.4. The molecule has 4 heterocycles. The first kappa shape index (κ1) is 23.2. The van der Waals surface area contributed by atoms with Crippen LogP contribution in [-0.4, -0.2) is 92.3 Å². The molecule has 186 valence electrons. The monoisotopic (exact) mass is 486 g/mol. The number of morpholine rings is 1. The molecule has 14 heteroatoms. The van der Waals surface area contributed by atoms with E-state index in [0.717, 1.165) is 24.3 Å². The molecule has 0 spiro atoms. The summed E-state index contributed by atoms with van der Waals surface area (Å²) >= 11 is 0. The van der Waals surface area contributed by atoms with Crippen molar-refractivity contribution >= 4 is 35.0 Å². The lowest BCUT2D eigenvalue weighted by molar-refractivity contribution is -0.0501. The Morgan fingerprint density at radius 2 is 1.94 bits per heavy atom. The van der Waals surface area contributed by atoms with Crippen molar-refractivity contribution < 1.29 is 24.8 Å². The van der Waals surface area contributed by atoms with Gasteiger partial charge in [0, 0.05) is 18.8 Å². The summed E-state index contributed by atoms with van der Waals surface area (Å²) < 4.78 is 12.3. The van der Waals surface area contributed by atoms with Crippen molar-refractivity contribution in [3.8, 4) is 0 Å². The zero-order chi connectivity index (χ0) is 24.5. The number of hydrogen-bond donors (Lipinski definition) is 6. The van der Waals surface area contributed by atoms with Crippen LogP contribution < -0.4 is 21.6 Å². The summed E-state index contributed by atoms with van der Waals surface area (Å²) in [5.74, 6) is -0.134. The van der Waals surface area contributed by atoms with Gasteiger partial charge in [-0.25, -0.2) is 10.4 Å². The summed E-state index contributed by atoms with van der Waals surface area (Å²) in [5.41, 5.74) is 9.71. The highest BCUT2D eigenvalue weighted by atomic mass is 16.6. The number of H-pyrrole nitrogens is 1. The number of nitrogens with two attached hydrogens (primary N) is 1. The van der Waals surface area contributed by atoms with Crippen LogP contribution in [0.5, 0.6) is 0 Å². The maximum atomic E-state index is 12.4. The molecule has 2 aliphatic heterocycles. The van der Waals surface area contributed by atoms with Crippen molar-refractivity contribution in [1.29, 1.82) is 0 Å². The number of fused-ring (bicyclic) bond motifs is 1. The Balaban J connectivity index is 1.42. The van der Waals surface area contributed by atoms with Crippen LogP contribution in [0.25, 0.3) is 11.2 Å². The average Bonchev–Trinajstić information content (AvgIpc) is 3.36. The van der Waals surface area contributed by atoms with Gasteiger partial charge in [-0.05, 0) is 17.7 Å². The number of benzene rings is 1. The summed E-state index contributed by atoms with van der Waals surface area (Å²) in [4.78, 5) is 25.3. The molecule has 0 unspecified atom stereocenters. The zero-order valence-electron chi connectivity index (χ0n) is 18.6. The van der Waals surface area contributed by atoms with Crippen LogP contribution in [0, 0.1) is 0 Å². The van der Waals surface area contributed by atoms with E-state index in [0.29, 0.717) is 13.2 Å². The molecule has 1 aromatic carbocycles. The highest BCUT2D eigenvalue weighted by Gasteiger charge is 2.45. The standard InChI is InChI=1S/C21H26N8O6/c22-20-25-17-14(18(33)26-20)24-21(29(17)19-16(32)15(31)13(10-30)35-19)27-23-9-11-1-3-12(4-2-11)28-5-7-34-8-6-28/h1-4,9,13,15-16,19,30-32H,5-8,10H2,(H,24,27)(H3,22,25,26,33)/b23-9-/t13-,15+,16+,19-/m0/s1. The van der Waals surface area contributed by atoms with E-state index < -0.39 is 36.7 Å². The van der Waals surface area contributed by atoms with E-state index in [1.165, 1.54) is 4.57 Å². The second-order valence-corrected chi connectivity index (χ2v) is 8.22. The molecule has 2 fully saturated rings. The van der Waals surface area contributed by atoms with Gasteiger partial charge in [0.15, 0.2) is 17.4 Å². The van der Waals surface area contributed by atoms with Gasteiger partial charge in [0.2, 0.25) is 11.9 Å². The fraction of sp³-hybridized carbons (Fsp3) is 0.429. The normalized spacial score (nSPS) is 25.1. The molecule has 0 amide bonds. The maximum absolute atomic E-state index is 12.4. The Hall–Kier alpha value is -3.56. The zero-order valence-corrected chi connectivity index (χ0v) is 18.6. The molecule has 2 aliphatic rings. The van der Waals surface area contributed by atoms with Gasteiger partial charge in [-0.3, -0.25) is 14.3 Å². The number of nitrogen functional groups attached to an aromatic ring is 1. The second kappa shape index (κ2) is 9.59. The van der Waals surface area contributed by atoms with Crippen LogP contribution in [0.1, 0.15) is 11.8 Å². The van der Waals surface area contributed by atoms with E-state index in [2.05, 4.69) is 30.4 Å². The Morgan fingerprint density at radius 3 is 2.63 bits per heavy atom. The second-order valence-electron chi connectivity index (χ2n) is 8.22. The molecule has 5 rings (SSSR count). The van der Waals surface area contributed by atoms with E-state index in [-0.39, 0.29) is 23.1 Å². The van der Waals surface area contributed by atoms with Crippen molar-refractivity contribution in [2.45, 2.75) is 24.5 Å². The lowest BCUT2D eigenvalue weighted by atomic mass is 10.1. The maximum Gasteiger partial charge on any atom is 0.280 e. The quantitative estimate of drug-likeness (QED) is 0.177. The number of aromatic amines is 1. The van der Waals surface area contributed by atoms with Gasteiger partial charge in [-0.1, -0.05) is 12.1 Å². The predicted octanol–water partition coefficient (Wildman–Crippen LogP) is -1.40. The highest BCUT2D eigenvalue weighted by Crippen LogP contribution is 2.34. The van der Waals surface area contributed by atoms with Gasteiger partial charge in [0.25, 0.3) is 5.56 Å². The van der Waals surface area contributed by atoms with Crippen molar-refractivity contribution in [2.24, 2.45) is 5.10 Å². The van der Waals surface area contributed by atoms with Crippen molar-refractivity contribution in [3.63, 3.8) is 0 Å². The number of hydrogen-bond acceptors (Lipinski definition) is 12. The first-order valence-electron chi connectivity index (χ1n) is 11.1. The Morgan fingerprint density at radius 1 is 1.20 bits per heavy atom. The third kappa shape index (κ3) is 4.44. The summed E-state index contributed by atoms with van der Waals surface area (Å²) in [6.07, 6.45) is -3.46. The van der Waals surface area contributed by atoms with Crippen molar-refractivity contribution in [1.82, 2.24) is 19.5 Å². The van der Waals surface area contributed by atoms with E-state index in [1.54, 1.807) is 6.21 Å². The number of hydrazone groups is 1. The van der Waals surface area contributed by atoms with Gasteiger partial charge in [-0.15, -0.1) is 0 Å². The molecule has 7 N–H and O–H groups in total. The largest absolute Gasteiger partial charge is 0.394 e. The number of nitrogens with zero attached hydrogens (tertiary/aromatic N) is 5. The number of aromatic nitrogens is 4. The van der Waals surface area contributed by atoms with Gasteiger partial charge in [0.1, 0.15) is 18.3 Å². The van der Waals surface area contributed by atoms with Crippen LogP contribution in [0.4, 0.5) is 17.6 Å². The Bertz CT molecular complexity index is 1270. The number of anilines is 3. The number of nitrogens with one attached hydrogen (secondary N) is 2. The topological polar surface area (TPSA) is 196 Å². The van der Waals surface area contributed by atoms with Crippen LogP contribution >= 0.6 is 0 Å². The number of aliphatic hydroxyl groups is 3. The molecular weight excluding hydrogens is 460 g/mol. The molecule has 14 nitrogen and oxygen atoms in total. The average molecular weight is 486 g/mol. The van der Waals surface area contributed by atoms with Gasteiger partial charge in [-0.2, -0.15) is 10.1 Å². The van der Waals surface area contributed by atoms with Crippen LogP contribution in [0.15, 0.2) is 34.2 Å². The van der Waals surface area contributed by atoms with Crippen molar-refractivity contribution in [2.75, 3.05) is 49.0 Å². The van der Waals surface area contributed by atoms with E-state index in [4.69, 9.17) is 15.2 Å². The molecule has 3 aromatic rings. The van der Waals surface area contributed by atoms with E-state index in [9.17, 15) is 20.1 Å². The Kier molecular flexibility index (Phi) is 6.36. The number of aliphatic hydroxyl groups excluding tert-OH is 3. The fourth-order valence-corrected chi connectivity index (χ4v) is 4.17. The highest BCUT2D eigenvalue weighted by molar-refractivity contribution is 5.81. The molecule has 0 aliphatic carbocycles. The Labute approximate surface area is 198 Å². The molecule has 4 atom stereocenters. The molecule has 0 radical (unpaired) electrons. The lowest BCUT2D eigenvalue weighted by Gasteiger charge is -2.28. The number of ether oxygens (including phenoxy) is 2. The van der Waals surface area contributed by atoms with Crippen molar-refractivity contribution in [3.05, 3.63) is 40.2 Å². The van der Waals surface area contributed by atoms with E-state index in [1.807, 2.05) is 24.3 Å². The molecule has 0 bridgehead atoms. The minimum absolute atomic E-state index is 0.0219. The minimum atomic E-state index is -1.43. The SMILES string of the molecule is Nc1nc2c(nc(N/N=C\c3ccc(N4CCOCC4)cc3)n2[C@H]2O[C@@H](CO)[C@@H](O)[C@H]2O)c(=O)[nH]1. The molecule has 2 saturated heterocycles. The first-order valence-corrected chi connectivity index (χ1v) is 11.1.